The molecule has 0 heterocycles. The lowest BCUT2D eigenvalue weighted by molar-refractivity contribution is 0.269. The molecular weight excluding hydrogens is 412 g/mol. The Hall–Kier alpha value is -2.27. The molecule has 0 amide bonds. The second-order valence-corrected chi connectivity index (χ2v) is 7.32. The van der Waals surface area contributed by atoms with Crippen LogP contribution in [0.4, 0.5) is 4.39 Å². The van der Waals surface area contributed by atoms with Crippen molar-refractivity contribution < 1.29 is 13.9 Å². The molecule has 1 N–H and O–H groups in total. The fourth-order valence-electron chi connectivity index (χ4n) is 2.83. The normalized spacial score (nSPS) is 10.8. The van der Waals surface area contributed by atoms with Gasteiger partial charge < -0.3 is 14.8 Å². The average molecular weight is 434 g/mol. The molecule has 0 fully saturated rings. The van der Waals surface area contributed by atoms with Crippen LogP contribution < -0.4 is 14.8 Å². The lowest BCUT2D eigenvalue weighted by Gasteiger charge is -2.15. The highest BCUT2D eigenvalue weighted by Gasteiger charge is 2.12. The average Bonchev–Trinajstić information content (AvgIpc) is 2.70. The van der Waals surface area contributed by atoms with Gasteiger partial charge in [0.15, 0.2) is 11.5 Å². The zero-order valence-corrected chi connectivity index (χ0v) is 17.6. The third kappa shape index (κ3) is 6.36. The van der Waals surface area contributed by atoms with Crippen LogP contribution in [0.3, 0.4) is 0 Å². The molecule has 3 aromatic rings. The minimum atomic E-state index is -0.244. The van der Waals surface area contributed by atoms with Gasteiger partial charge in [0.25, 0.3) is 0 Å². The Morgan fingerprint density at radius 2 is 1.62 bits per heavy atom. The van der Waals surface area contributed by atoms with Gasteiger partial charge in [-0.05, 0) is 53.9 Å². The molecule has 0 aromatic heterocycles. The van der Waals surface area contributed by atoms with Crippen molar-refractivity contribution >= 4 is 23.2 Å². The zero-order valence-electron chi connectivity index (χ0n) is 16.1. The minimum Gasteiger partial charge on any atom is -0.490 e. The molecule has 0 unspecified atom stereocenters. The van der Waals surface area contributed by atoms with E-state index in [4.69, 9.17) is 32.7 Å². The lowest BCUT2D eigenvalue weighted by atomic mass is 10.1. The zero-order chi connectivity index (χ0) is 20.6. The molecule has 0 saturated carbocycles. The summed E-state index contributed by atoms with van der Waals surface area (Å²) >= 11 is 12.5. The SMILES string of the molecule is CCOc1cc(CNCc2ccc(F)cc2)c(Cl)cc1OCc1cccc(Cl)c1. The molecule has 0 aliphatic rings. The van der Waals surface area contributed by atoms with Crippen molar-refractivity contribution in [2.45, 2.75) is 26.6 Å². The molecule has 152 valence electrons. The van der Waals surface area contributed by atoms with Crippen LogP contribution in [0.15, 0.2) is 60.7 Å². The van der Waals surface area contributed by atoms with Crippen LogP contribution in [-0.2, 0) is 19.7 Å². The molecule has 3 nitrogen and oxygen atoms in total. The van der Waals surface area contributed by atoms with Crippen LogP contribution >= 0.6 is 23.2 Å². The Balaban J connectivity index is 1.67. The Kier molecular flexibility index (Phi) is 7.76. The van der Waals surface area contributed by atoms with Crippen molar-refractivity contribution in [2.75, 3.05) is 6.61 Å². The van der Waals surface area contributed by atoms with E-state index in [1.54, 1.807) is 18.2 Å². The van der Waals surface area contributed by atoms with Gasteiger partial charge in [0, 0.05) is 29.2 Å². The summed E-state index contributed by atoms with van der Waals surface area (Å²) < 4.78 is 24.7. The van der Waals surface area contributed by atoms with E-state index in [0.29, 0.717) is 47.8 Å². The first kappa shape index (κ1) is 21.4. The summed E-state index contributed by atoms with van der Waals surface area (Å²) in [5.41, 5.74) is 2.85. The van der Waals surface area contributed by atoms with E-state index in [9.17, 15) is 4.39 Å². The van der Waals surface area contributed by atoms with Crippen molar-refractivity contribution in [3.05, 3.63) is 93.2 Å². The molecule has 0 atom stereocenters. The largest absolute Gasteiger partial charge is 0.490 e. The second kappa shape index (κ2) is 10.5. The van der Waals surface area contributed by atoms with Crippen molar-refractivity contribution in [3.63, 3.8) is 0 Å². The first-order chi connectivity index (χ1) is 14.0. The second-order valence-electron chi connectivity index (χ2n) is 6.47. The van der Waals surface area contributed by atoms with Crippen molar-refractivity contribution in [3.8, 4) is 11.5 Å². The molecule has 0 aliphatic heterocycles. The summed E-state index contributed by atoms with van der Waals surface area (Å²) in [4.78, 5) is 0. The first-order valence-electron chi connectivity index (χ1n) is 9.32. The number of nitrogens with one attached hydrogen (secondary N) is 1. The van der Waals surface area contributed by atoms with Crippen LogP contribution in [0.5, 0.6) is 11.5 Å². The van der Waals surface area contributed by atoms with Crippen LogP contribution in [0.2, 0.25) is 10.0 Å². The summed E-state index contributed by atoms with van der Waals surface area (Å²) in [5.74, 6) is 0.975. The fraction of sp³-hybridized carbons (Fsp3) is 0.217. The number of hydrogen-bond donors (Lipinski definition) is 1. The molecule has 3 rings (SSSR count). The van der Waals surface area contributed by atoms with Gasteiger partial charge in [-0.25, -0.2) is 4.39 Å². The molecular formula is C23H22Cl2FNO2. The van der Waals surface area contributed by atoms with Crippen LogP contribution in [0.25, 0.3) is 0 Å². The van der Waals surface area contributed by atoms with Gasteiger partial charge in [0.2, 0.25) is 0 Å². The number of ether oxygens (including phenoxy) is 2. The topological polar surface area (TPSA) is 30.5 Å². The van der Waals surface area contributed by atoms with Crippen molar-refractivity contribution in [1.29, 1.82) is 0 Å². The Bertz CT molecular complexity index is 948. The first-order valence-corrected chi connectivity index (χ1v) is 10.1. The van der Waals surface area contributed by atoms with Crippen LogP contribution in [0, 0.1) is 5.82 Å². The predicted octanol–water partition coefficient (Wildman–Crippen LogP) is 6.40. The van der Waals surface area contributed by atoms with Crippen LogP contribution in [-0.4, -0.2) is 6.61 Å². The molecule has 0 saturated heterocycles. The maximum Gasteiger partial charge on any atom is 0.163 e. The number of hydrogen-bond acceptors (Lipinski definition) is 3. The Morgan fingerprint density at radius 3 is 2.34 bits per heavy atom. The van der Waals surface area contributed by atoms with Crippen molar-refractivity contribution in [1.82, 2.24) is 5.32 Å². The maximum absolute atomic E-state index is 13.0. The molecule has 3 aromatic carbocycles. The van der Waals surface area contributed by atoms with E-state index in [-0.39, 0.29) is 5.82 Å². The highest BCUT2D eigenvalue weighted by atomic mass is 35.5. The predicted molar refractivity (Wildman–Crippen MR) is 115 cm³/mol. The quantitative estimate of drug-likeness (QED) is 0.423. The standard InChI is InChI=1S/C23H22Cl2FNO2/c1-2-28-22-11-18(14-27-13-16-6-8-20(26)9-7-16)21(25)12-23(22)29-15-17-4-3-5-19(24)10-17/h3-12,27H,2,13-15H2,1H3. The lowest BCUT2D eigenvalue weighted by Crippen LogP contribution is -2.13. The summed E-state index contributed by atoms with van der Waals surface area (Å²) in [6.07, 6.45) is 0. The van der Waals surface area contributed by atoms with Gasteiger partial charge in [0.1, 0.15) is 12.4 Å². The summed E-state index contributed by atoms with van der Waals surface area (Å²) in [7, 11) is 0. The smallest absolute Gasteiger partial charge is 0.163 e. The van der Waals surface area contributed by atoms with E-state index < -0.39 is 0 Å². The number of rotatable bonds is 9. The van der Waals surface area contributed by atoms with E-state index in [1.807, 2.05) is 37.3 Å². The van der Waals surface area contributed by atoms with E-state index in [2.05, 4.69) is 5.32 Å². The summed E-state index contributed by atoms with van der Waals surface area (Å²) in [6, 6.07) is 17.6. The van der Waals surface area contributed by atoms with Gasteiger partial charge in [-0.3, -0.25) is 0 Å². The fourth-order valence-corrected chi connectivity index (χ4v) is 3.26. The van der Waals surface area contributed by atoms with Gasteiger partial charge in [0.05, 0.1) is 6.61 Å². The minimum absolute atomic E-state index is 0.244. The van der Waals surface area contributed by atoms with Crippen molar-refractivity contribution in [2.24, 2.45) is 0 Å². The molecule has 29 heavy (non-hydrogen) atoms. The van der Waals surface area contributed by atoms with E-state index >= 15 is 0 Å². The van der Waals surface area contributed by atoms with E-state index in [0.717, 1.165) is 16.7 Å². The maximum atomic E-state index is 13.0. The molecule has 0 aliphatic carbocycles. The third-order valence-electron chi connectivity index (χ3n) is 4.25. The number of halogens is 3. The van der Waals surface area contributed by atoms with Gasteiger partial charge in [-0.1, -0.05) is 47.5 Å². The third-order valence-corrected chi connectivity index (χ3v) is 4.84. The monoisotopic (exact) mass is 433 g/mol. The van der Waals surface area contributed by atoms with Gasteiger partial charge in [-0.15, -0.1) is 0 Å². The molecule has 0 spiro atoms. The van der Waals surface area contributed by atoms with Gasteiger partial charge >= 0.3 is 0 Å². The summed E-state index contributed by atoms with van der Waals surface area (Å²) in [5, 5.41) is 4.56. The Morgan fingerprint density at radius 1 is 0.862 bits per heavy atom. The summed E-state index contributed by atoms with van der Waals surface area (Å²) in [6.45, 7) is 3.94. The highest BCUT2D eigenvalue weighted by molar-refractivity contribution is 6.31. The molecule has 0 bridgehead atoms. The van der Waals surface area contributed by atoms with E-state index in [1.165, 1.54) is 12.1 Å². The molecule has 6 heteroatoms. The molecule has 0 radical (unpaired) electrons. The highest BCUT2D eigenvalue weighted by Crippen LogP contribution is 2.34. The van der Waals surface area contributed by atoms with Crippen LogP contribution in [0.1, 0.15) is 23.6 Å². The van der Waals surface area contributed by atoms with Gasteiger partial charge in [-0.2, -0.15) is 0 Å². The number of benzene rings is 3. The Labute approximate surface area is 180 Å².